The van der Waals surface area contributed by atoms with Gasteiger partial charge in [-0.3, -0.25) is 9.59 Å². The number of hydrogen-bond donors (Lipinski definition) is 2. The van der Waals surface area contributed by atoms with Crippen LogP contribution in [-0.2, 0) is 16.0 Å². The first-order chi connectivity index (χ1) is 10.6. The predicted molar refractivity (Wildman–Crippen MR) is 81.3 cm³/mol. The first-order valence-electron chi connectivity index (χ1n) is 7.49. The van der Waals surface area contributed by atoms with Gasteiger partial charge in [0.05, 0.1) is 12.3 Å². The highest BCUT2D eigenvalue weighted by Crippen LogP contribution is 2.29. The number of H-pyrrole nitrogens is 1. The van der Waals surface area contributed by atoms with Crippen LogP contribution >= 0.6 is 0 Å². The summed E-state index contributed by atoms with van der Waals surface area (Å²) in [7, 11) is 0. The Balaban J connectivity index is 1.75. The summed E-state index contributed by atoms with van der Waals surface area (Å²) in [6.45, 7) is 1.92. The molecule has 1 unspecified atom stereocenters. The van der Waals surface area contributed by atoms with E-state index in [4.69, 9.17) is 5.11 Å². The van der Waals surface area contributed by atoms with Gasteiger partial charge in [-0.05, 0) is 30.5 Å². The molecule has 2 aromatic rings. The summed E-state index contributed by atoms with van der Waals surface area (Å²) in [5, 5.41) is 10.0. The number of carbonyl (C=O) groups excluding carboxylic acids is 1. The minimum absolute atomic E-state index is 0.0136. The van der Waals surface area contributed by atoms with E-state index in [-0.39, 0.29) is 24.9 Å². The first kappa shape index (κ1) is 14.6. The van der Waals surface area contributed by atoms with Gasteiger partial charge in [0.25, 0.3) is 0 Å². The van der Waals surface area contributed by atoms with E-state index in [2.05, 4.69) is 9.97 Å². The summed E-state index contributed by atoms with van der Waals surface area (Å²) in [5.41, 5.74) is 1.67. The Morgan fingerprint density at radius 2 is 2.27 bits per heavy atom. The minimum Gasteiger partial charge on any atom is -0.481 e. The molecule has 2 N–H and O–H groups in total. The van der Waals surface area contributed by atoms with Gasteiger partial charge in [-0.2, -0.15) is 0 Å². The summed E-state index contributed by atoms with van der Waals surface area (Å²) in [5.74, 6) is -1.43. The van der Waals surface area contributed by atoms with Crippen molar-refractivity contribution >= 4 is 22.9 Å². The van der Waals surface area contributed by atoms with Crippen LogP contribution in [-0.4, -0.2) is 44.4 Å². The van der Waals surface area contributed by atoms with E-state index >= 15 is 0 Å². The number of carbonyl (C=O) groups is 2. The number of fused-ring (bicyclic) bond motifs is 1. The lowest BCUT2D eigenvalue weighted by Crippen LogP contribution is -2.39. The van der Waals surface area contributed by atoms with Gasteiger partial charge in [0.2, 0.25) is 5.91 Å². The van der Waals surface area contributed by atoms with Crippen molar-refractivity contribution in [1.29, 1.82) is 0 Å². The predicted octanol–water partition coefficient (Wildman–Crippen LogP) is 1.82. The van der Waals surface area contributed by atoms with E-state index in [1.165, 1.54) is 0 Å². The third kappa shape index (κ3) is 2.95. The second kappa shape index (κ2) is 5.79. The molecule has 6 nitrogen and oxygen atoms in total. The maximum atomic E-state index is 12.6. The average molecular weight is 301 g/mol. The Labute approximate surface area is 128 Å². The van der Waals surface area contributed by atoms with Crippen molar-refractivity contribution in [3.63, 3.8) is 0 Å². The molecule has 0 saturated heterocycles. The number of rotatable bonds is 6. The first-order valence-corrected chi connectivity index (χ1v) is 7.49. The molecule has 0 radical (unpaired) electrons. The van der Waals surface area contributed by atoms with E-state index in [0.717, 1.165) is 29.4 Å². The zero-order valence-corrected chi connectivity index (χ0v) is 12.5. The molecule has 0 aromatic carbocycles. The van der Waals surface area contributed by atoms with Crippen molar-refractivity contribution in [1.82, 2.24) is 14.9 Å². The van der Waals surface area contributed by atoms with Crippen LogP contribution in [0.15, 0.2) is 24.5 Å². The standard InChI is InChI=1S/C16H19N3O3/c1-10(16(21)22)9-19(12-4-5-12)14(20)7-11-8-18-15-13(11)3-2-6-17-15/h2-3,6,8,10,12H,4-5,7,9H2,1H3,(H,17,18)(H,21,22). The number of nitrogens with zero attached hydrogens (tertiary/aromatic N) is 2. The Kier molecular flexibility index (Phi) is 3.83. The monoisotopic (exact) mass is 301 g/mol. The third-order valence-corrected chi connectivity index (χ3v) is 4.08. The topological polar surface area (TPSA) is 86.3 Å². The summed E-state index contributed by atoms with van der Waals surface area (Å²) < 4.78 is 0. The second-order valence-electron chi connectivity index (χ2n) is 5.91. The number of nitrogens with one attached hydrogen (secondary N) is 1. The molecule has 2 heterocycles. The van der Waals surface area contributed by atoms with Crippen LogP contribution in [0, 0.1) is 5.92 Å². The molecule has 1 fully saturated rings. The molecule has 6 heteroatoms. The average Bonchev–Trinajstić information content (AvgIpc) is 3.26. The van der Waals surface area contributed by atoms with Gasteiger partial charge in [0.15, 0.2) is 0 Å². The molecule has 1 atom stereocenters. The summed E-state index contributed by atoms with van der Waals surface area (Å²) in [6.07, 6.45) is 5.71. The fraction of sp³-hybridized carbons (Fsp3) is 0.438. The van der Waals surface area contributed by atoms with Gasteiger partial charge in [-0.1, -0.05) is 6.92 Å². The van der Waals surface area contributed by atoms with Gasteiger partial charge < -0.3 is 15.0 Å². The van der Waals surface area contributed by atoms with E-state index in [1.54, 1.807) is 24.2 Å². The van der Waals surface area contributed by atoms with Crippen LogP contribution < -0.4 is 0 Å². The maximum Gasteiger partial charge on any atom is 0.308 e. The van der Waals surface area contributed by atoms with Gasteiger partial charge in [-0.25, -0.2) is 4.98 Å². The van der Waals surface area contributed by atoms with Crippen LogP contribution in [0.5, 0.6) is 0 Å². The van der Waals surface area contributed by atoms with E-state index in [9.17, 15) is 9.59 Å². The SMILES string of the molecule is CC(CN(C(=O)Cc1c[nH]c2ncccc12)C1CC1)C(=O)O. The largest absolute Gasteiger partial charge is 0.481 e. The number of hydrogen-bond acceptors (Lipinski definition) is 3. The Hall–Kier alpha value is -2.37. The third-order valence-electron chi connectivity index (χ3n) is 4.08. The Morgan fingerprint density at radius 3 is 2.95 bits per heavy atom. The zero-order chi connectivity index (χ0) is 15.7. The highest BCUT2D eigenvalue weighted by molar-refractivity contribution is 5.87. The van der Waals surface area contributed by atoms with Crippen molar-refractivity contribution in [2.24, 2.45) is 5.92 Å². The number of carboxylic acids is 1. The number of aromatic nitrogens is 2. The van der Waals surface area contributed by atoms with Gasteiger partial charge in [0.1, 0.15) is 5.65 Å². The molecule has 116 valence electrons. The normalized spacial score (nSPS) is 15.7. The van der Waals surface area contributed by atoms with Gasteiger partial charge in [0, 0.05) is 30.4 Å². The Morgan fingerprint density at radius 1 is 1.50 bits per heavy atom. The molecule has 1 amide bonds. The highest BCUT2D eigenvalue weighted by Gasteiger charge is 2.34. The molecule has 0 bridgehead atoms. The number of pyridine rings is 1. The number of amides is 1. The van der Waals surface area contributed by atoms with Crippen molar-refractivity contribution in [2.75, 3.05) is 6.54 Å². The molecule has 2 aromatic heterocycles. The molecule has 0 aliphatic heterocycles. The Bertz CT molecular complexity index is 705. The van der Waals surface area contributed by atoms with Gasteiger partial charge in [-0.15, -0.1) is 0 Å². The quantitative estimate of drug-likeness (QED) is 0.852. The van der Waals surface area contributed by atoms with Crippen molar-refractivity contribution in [3.05, 3.63) is 30.1 Å². The van der Waals surface area contributed by atoms with Crippen LogP contribution in [0.2, 0.25) is 0 Å². The second-order valence-corrected chi connectivity index (χ2v) is 5.91. The lowest BCUT2D eigenvalue weighted by Gasteiger charge is -2.24. The van der Waals surface area contributed by atoms with E-state index in [0.29, 0.717) is 0 Å². The maximum absolute atomic E-state index is 12.6. The lowest BCUT2D eigenvalue weighted by molar-refractivity contribution is -0.143. The smallest absolute Gasteiger partial charge is 0.308 e. The van der Waals surface area contributed by atoms with E-state index < -0.39 is 11.9 Å². The molecular formula is C16H19N3O3. The summed E-state index contributed by atoms with van der Waals surface area (Å²) in [6, 6.07) is 3.98. The summed E-state index contributed by atoms with van der Waals surface area (Å²) in [4.78, 5) is 32.6. The van der Waals surface area contributed by atoms with Crippen LogP contribution in [0.1, 0.15) is 25.3 Å². The van der Waals surface area contributed by atoms with E-state index in [1.807, 2.05) is 12.1 Å². The minimum atomic E-state index is -0.866. The van der Waals surface area contributed by atoms with Crippen molar-refractivity contribution in [3.8, 4) is 0 Å². The number of aromatic amines is 1. The fourth-order valence-corrected chi connectivity index (χ4v) is 2.64. The van der Waals surface area contributed by atoms with Crippen LogP contribution in [0.4, 0.5) is 0 Å². The molecule has 0 spiro atoms. The lowest BCUT2D eigenvalue weighted by atomic mass is 10.1. The fourth-order valence-electron chi connectivity index (χ4n) is 2.64. The zero-order valence-electron chi connectivity index (χ0n) is 12.5. The molecule has 22 heavy (non-hydrogen) atoms. The highest BCUT2D eigenvalue weighted by atomic mass is 16.4. The summed E-state index contributed by atoms with van der Waals surface area (Å²) >= 11 is 0. The van der Waals surface area contributed by atoms with Crippen LogP contribution in [0.3, 0.4) is 0 Å². The molecule has 1 aliphatic carbocycles. The molecule has 1 aliphatic rings. The molecule has 3 rings (SSSR count). The van der Waals surface area contributed by atoms with Crippen molar-refractivity contribution in [2.45, 2.75) is 32.2 Å². The molecular weight excluding hydrogens is 282 g/mol. The number of aliphatic carboxylic acids is 1. The van der Waals surface area contributed by atoms with Gasteiger partial charge >= 0.3 is 5.97 Å². The molecule has 1 saturated carbocycles. The van der Waals surface area contributed by atoms with Crippen molar-refractivity contribution < 1.29 is 14.7 Å². The van der Waals surface area contributed by atoms with Crippen LogP contribution in [0.25, 0.3) is 11.0 Å². The number of carboxylic acid groups (broad SMARTS) is 1.